The van der Waals surface area contributed by atoms with Gasteiger partial charge in [0.05, 0.1) is 12.0 Å². The summed E-state index contributed by atoms with van der Waals surface area (Å²) in [6.45, 7) is 4.13. The van der Waals surface area contributed by atoms with Crippen LogP contribution >= 0.6 is 11.8 Å². The number of benzene rings is 1. The molecule has 1 amide bonds. The lowest BCUT2D eigenvalue weighted by molar-refractivity contribution is -0.137. The number of rotatable bonds is 4. The molecule has 1 aliphatic rings. The summed E-state index contributed by atoms with van der Waals surface area (Å²) < 4.78 is 10.7. The molecular formula is C19H17N3O4S. The zero-order chi connectivity index (χ0) is 19.0. The van der Waals surface area contributed by atoms with Crippen molar-refractivity contribution in [2.45, 2.75) is 30.7 Å². The minimum Gasteiger partial charge on any atom is -0.465 e. The fourth-order valence-electron chi connectivity index (χ4n) is 2.85. The van der Waals surface area contributed by atoms with E-state index in [1.165, 1.54) is 11.8 Å². The predicted octanol–water partition coefficient (Wildman–Crippen LogP) is 3.50. The summed E-state index contributed by atoms with van der Waals surface area (Å²) in [5.41, 5.74) is 1.78. The van der Waals surface area contributed by atoms with E-state index in [0.717, 1.165) is 5.56 Å². The Morgan fingerprint density at radius 3 is 2.70 bits per heavy atom. The molecular weight excluding hydrogens is 366 g/mol. The zero-order valence-corrected chi connectivity index (χ0v) is 15.6. The Kier molecular flexibility index (Phi) is 4.57. The first kappa shape index (κ1) is 17.5. The number of aryl methyl sites for hydroxylation is 2. The molecule has 2 aromatic heterocycles. The van der Waals surface area contributed by atoms with Crippen molar-refractivity contribution in [2.24, 2.45) is 0 Å². The fourth-order valence-corrected chi connectivity index (χ4v) is 3.77. The molecule has 7 nitrogen and oxygen atoms in total. The molecule has 3 aromatic rings. The van der Waals surface area contributed by atoms with Crippen molar-refractivity contribution in [2.75, 3.05) is 11.9 Å². The van der Waals surface area contributed by atoms with Gasteiger partial charge in [-0.25, -0.2) is 4.98 Å². The quantitative estimate of drug-likeness (QED) is 0.544. The summed E-state index contributed by atoms with van der Waals surface area (Å²) in [5, 5.41) is 3.53. The van der Waals surface area contributed by atoms with E-state index in [2.05, 4.69) is 15.3 Å². The van der Waals surface area contributed by atoms with Gasteiger partial charge < -0.3 is 14.5 Å². The highest BCUT2D eigenvalue weighted by Gasteiger charge is 2.29. The fraction of sp³-hybridized carbons (Fsp3) is 0.263. The molecule has 8 heteroatoms. The van der Waals surface area contributed by atoms with E-state index in [1.54, 1.807) is 24.3 Å². The molecule has 138 valence electrons. The number of nitrogens with one attached hydrogen (secondary N) is 1. The van der Waals surface area contributed by atoms with Crippen molar-refractivity contribution in [3.05, 3.63) is 47.2 Å². The van der Waals surface area contributed by atoms with E-state index in [-0.39, 0.29) is 17.1 Å². The summed E-state index contributed by atoms with van der Waals surface area (Å²) in [5.74, 6) is 0.532. The minimum atomic E-state index is -0.350. The number of ether oxygens (including phenoxy) is 1. The highest BCUT2D eigenvalue weighted by molar-refractivity contribution is 8.00. The summed E-state index contributed by atoms with van der Waals surface area (Å²) in [4.78, 5) is 33.3. The monoisotopic (exact) mass is 383 g/mol. The normalized spacial score (nSPS) is 16.5. The molecule has 1 atom stereocenters. The van der Waals surface area contributed by atoms with Crippen molar-refractivity contribution < 1.29 is 18.7 Å². The summed E-state index contributed by atoms with van der Waals surface area (Å²) >= 11 is 1.22. The summed E-state index contributed by atoms with van der Waals surface area (Å²) in [6.07, 6.45) is 0.604. The maximum atomic E-state index is 12.6. The van der Waals surface area contributed by atoms with Gasteiger partial charge in [0.15, 0.2) is 5.16 Å². The molecule has 1 aliphatic heterocycles. The van der Waals surface area contributed by atoms with Gasteiger partial charge in [0, 0.05) is 17.5 Å². The van der Waals surface area contributed by atoms with Crippen molar-refractivity contribution in [3.63, 3.8) is 0 Å². The average molecular weight is 383 g/mol. The highest BCUT2D eigenvalue weighted by atomic mass is 32.2. The third kappa shape index (κ3) is 3.40. The predicted molar refractivity (Wildman–Crippen MR) is 101 cm³/mol. The lowest BCUT2D eigenvalue weighted by Gasteiger charge is -2.09. The zero-order valence-electron chi connectivity index (χ0n) is 14.8. The maximum Gasteiger partial charge on any atom is 0.319 e. The standard InChI is InChI=1S/C19H17N3O4S/c1-10-11(2)26-17-14(10)15(20-16(23)12-6-4-3-5-7-12)21-19(22-17)27-13-8-9-25-18(13)24/h3-7,13H,8-9H2,1-2H3,(H,20,21,22,23)/t13-/m1/s1. The van der Waals surface area contributed by atoms with Crippen LogP contribution in [0.5, 0.6) is 0 Å². The Labute approximate surface area is 159 Å². The number of fused-ring (bicyclic) bond motifs is 1. The molecule has 1 N–H and O–H groups in total. The second kappa shape index (κ2) is 7.03. The van der Waals surface area contributed by atoms with Crippen molar-refractivity contribution in [1.29, 1.82) is 0 Å². The average Bonchev–Trinajstić information content (AvgIpc) is 3.19. The van der Waals surface area contributed by atoms with Crippen LogP contribution in [-0.4, -0.2) is 33.7 Å². The van der Waals surface area contributed by atoms with Crippen LogP contribution in [0.2, 0.25) is 0 Å². The Balaban J connectivity index is 1.72. The lowest BCUT2D eigenvalue weighted by Crippen LogP contribution is -2.15. The number of cyclic esters (lactones) is 1. The lowest BCUT2D eigenvalue weighted by atomic mass is 10.2. The topological polar surface area (TPSA) is 94.3 Å². The number of carbonyl (C=O) groups excluding carboxylic acids is 2. The van der Waals surface area contributed by atoms with E-state index < -0.39 is 0 Å². The first-order valence-electron chi connectivity index (χ1n) is 8.50. The van der Waals surface area contributed by atoms with Gasteiger partial charge in [-0.2, -0.15) is 4.98 Å². The third-order valence-corrected chi connectivity index (χ3v) is 5.52. The van der Waals surface area contributed by atoms with Crippen molar-refractivity contribution in [3.8, 4) is 0 Å². The van der Waals surface area contributed by atoms with Gasteiger partial charge in [0.1, 0.15) is 16.8 Å². The maximum absolute atomic E-state index is 12.6. The summed E-state index contributed by atoms with van der Waals surface area (Å²) in [7, 11) is 0. The minimum absolute atomic E-state index is 0.273. The number of carbonyl (C=O) groups is 2. The van der Waals surface area contributed by atoms with Gasteiger partial charge in [0.2, 0.25) is 5.71 Å². The van der Waals surface area contributed by atoms with Crippen LogP contribution in [0, 0.1) is 13.8 Å². The molecule has 0 saturated carbocycles. The molecule has 4 rings (SSSR count). The Morgan fingerprint density at radius 1 is 1.22 bits per heavy atom. The second-order valence-electron chi connectivity index (χ2n) is 6.20. The molecule has 1 fully saturated rings. The van der Waals surface area contributed by atoms with Gasteiger partial charge in [-0.1, -0.05) is 30.0 Å². The van der Waals surface area contributed by atoms with E-state index in [0.29, 0.717) is 46.4 Å². The van der Waals surface area contributed by atoms with Crippen molar-refractivity contribution in [1.82, 2.24) is 9.97 Å². The van der Waals surface area contributed by atoms with Gasteiger partial charge in [-0.3, -0.25) is 9.59 Å². The van der Waals surface area contributed by atoms with Crippen LogP contribution in [0.25, 0.3) is 11.1 Å². The largest absolute Gasteiger partial charge is 0.465 e. The van der Waals surface area contributed by atoms with E-state index >= 15 is 0 Å². The Hall–Kier alpha value is -2.87. The van der Waals surface area contributed by atoms with Crippen molar-refractivity contribution >= 4 is 40.6 Å². The number of hydrogen-bond acceptors (Lipinski definition) is 7. The molecule has 0 spiro atoms. The van der Waals surface area contributed by atoms with Crippen LogP contribution in [0.3, 0.4) is 0 Å². The molecule has 0 aliphatic carbocycles. The van der Waals surface area contributed by atoms with Gasteiger partial charge >= 0.3 is 5.97 Å². The second-order valence-corrected chi connectivity index (χ2v) is 7.37. The third-order valence-electron chi connectivity index (χ3n) is 4.41. The summed E-state index contributed by atoms with van der Waals surface area (Å²) in [6, 6.07) is 8.89. The number of furan rings is 1. The van der Waals surface area contributed by atoms with Crippen LogP contribution < -0.4 is 5.32 Å². The highest BCUT2D eigenvalue weighted by Crippen LogP contribution is 2.34. The SMILES string of the molecule is Cc1oc2nc(S[C@@H]3CCOC3=O)nc(NC(=O)c3ccccc3)c2c1C. The number of nitrogens with zero attached hydrogens (tertiary/aromatic N) is 2. The first-order valence-corrected chi connectivity index (χ1v) is 9.38. The van der Waals surface area contributed by atoms with Gasteiger partial charge in [-0.15, -0.1) is 0 Å². The Morgan fingerprint density at radius 2 is 2.00 bits per heavy atom. The van der Waals surface area contributed by atoms with E-state index in [1.807, 2.05) is 19.9 Å². The van der Waals surface area contributed by atoms with Gasteiger partial charge in [0.25, 0.3) is 5.91 Å². The van der Waals surface area contributed by atoms with Crippen LogP contribution in [0.4, 0.5) is 5.82 Å². The van der Waals surface area contributed by atoms with Crippen LogP contribution in [0.15, 0.2) is 39.9 Å². The molecule has 0 unspecified atom stereocenters. The molecule has 1 saturated heterocycles. The van der Waals surface area contributed by atoms with Crippen LogP contribution in [0.1, 0.15) is 28.1 Å². The molecule has 0 radical (unpaired) electrons. The number of anilines is 1. The van der Waals surface area contributed by atoms with Crippen LogP contribution in [-0.2, 0) is 9.53 Å². The van der Waals surface area contributed by atoms with E-state index in [9.17, 15) is 9.59 Å². The Bertz CT molecular complexity index is 1030. The number of aromatic nitrogens is 2. The smallest absolute Gasteiger partial charge is 0.319 e. The molecule has 3 heterocycles. The number of hydrogen-bond donors (Lipinski definition) is 1. The van der Waals surface area contributed by atoms with E-state index in [4.69, 9.17) is 9.15 Å². The number of esters is 1. The molecule has 27 heavy (non-hydrogen) atoms. The molecule has 0 bridgehead atoms. The number of thioether (sulfide) groups is 1. The molecule has 1 aromatic carbocycles. The van der Waals surface area contributed by atoms with Gasteiger partial charge in [-0.05, 0) is 26.0 Å². The number of amides is 1. The first-order chi connectivity index (χ1) is 13.0.